The molecule has 1 heterocycles. The molecule has 0 bridgehead atoms. The summed E-state index contributed by atoms with van der Waals surface area (Å²) in [7, 11) is 1.69. The summed E-state index contributed by atoms with van der Waals surface area (Å²) in [5.74, 6) is -1.27. The van der Waals surface area contributed by atoms with Crippen LogP contribution in [0.3, 0.4) is 0 Å². The van der Waals surface area contributed by atoms with Gasteiger partial charge in [0.05, 0.1) is 11.1 Å². The van der Waals surface area contributed by atoms with E-state index in [1.54, 1.807) is 36.2 Å². The van der Waals surface area contributed by atoms with Crippen LogP contribution in [0.4, 0.5) is 0 Å². The normalized spacial score (nSPS) is 14.5. The molecule has 0 saturated carbocycles. The van der Waals surface area contributed by atoms with E-state index in [-0.39, 0.29) is 11.8 Å². The van der Waals surface area contributed by atoms with Gasteiger partial charge in [0.1, 0.15) is 6.04 Å². The maximum atomic E-state index is 13.2. The summed E-state index contributed by atoms with van der Waals surface area (Å²) in [6, 6.07) is 13.5. The Balaban J connectivity index is 1.88. The van der Waals surface area contributed by atoms with E-state index in [4.69, 9.17) is 0 Å². The maximum absolute atomic E-state index is 13.2. The SMILES string of the molecule is CC(C)C(C(=O)N(C)Cc1ccccc1Br)N1C(=O)c2ccccc2C1=O. The van der Waals surface area contributed by atoms with Gasteiger partial charge in [0.2, 0.25) is 5.91 Å². The Morgan fingerprint density at radius 2 is 1.52 bits per heavy atom. The van der Waals surface area contributed by atoms with Crippen LogP contribution in [0.5, 0.6) is 0 Å². The van der Waals surface area contributed by atoms with Gasteiger partial charge in [-0.1, -0.05) is 60.1 Å². The van der Waals surface area contributed by atoms with E-state index in [1.807, 2.05) is 38.1 Å². The lowest BCUT2D eigenvalue weighted by Gasteiger charge is -2.32. The van der Waals surface area contributed by atoms with Crippen molar-refractivity contribution in [3.8, 4) is 0 Å². The van der Waals surface area contributed by atoms with Crippen molar-refractivity contribution in [3.05, 3.63) is 69.7 Å². The molecule has 6 heteroatoms. The second-order valence-electron chi connectivity index (χ2n) is 7.00. The summed E-state index contributed by atoms with van der Waals surface area (Å²) in [6.07, 6.45) is 0. The predicted molar refractivity (Wildman–Crippen MR) is 106 cm³/mol. The molecule has 3 rings (SSSR count). The van der Waals surface area contributed by atoms with Crippen LogP contribution in [0, 0.1) is 5.92 Å². The van der Waals surface area contributed by atoms with Crippen LogP contribution in [-0.4, -0.2) is 40.6 Å². The number of benzene rings is 2. The molecule has 0 saturated heterocycles. The molecule has 140 valence electrons. The van der Waals surface area contributed by atoms with Gasteiger partial charge >= 0.3 is 0 Å². The maximum Gasteiger partial charge on any atom is 0.262 e. The van der Waals surface area contributed by atoms with Gasteiger partial charge in [0, 0.05) is 18.1 Å². The highest BCUT2D eigenvalue weighted by Crippen LogP contribution is 2.28. The zero-order valence-electron chi connectivity index (χ0n) is 15.5. The van der Waals surface area contributed by atoms with E-state index in [9.17, 15) is 14.4 Å². The topological polar surface area (TPSA) is 57.7 Å². The lowest BCUT2D eigenvalue weighted by Crippen LogP contribution is -2.52. The molecule has 27 heavy (non-hydrogen) atoms. The van der Waals surface area contributed by atoms with Crippen molar-refractivity contribution in [2.45, 2.75) is 26.4 Å². The molecule has 3 amide bonds. The van der Waals surface area contributed by atoms with E-state index in [0.29, 0.717) is 17.7 Å². The number of imide groups is 1. The number of fused-ring (bicyclic) bond motifs is 1. The van der Waals surface area contributed by atoms with E-state index < -0.39 is 17.9 Å². The van der Waals surface area contributed by atoms with Gasteiger partial charge in [-0.3, -0.25) is 19.3 Å². The average Bonchev–Trinajstić information content (AvgIpc) is 2.89. The molecule has 0 spiro atoms. The number of hydrogen-bond donors (Lipinski definition) is 0. The number of halogens is 1. The Hall–Kier alpha value is -2.47. The second-order valence-corrected chi connectivity index (χ2v) is 7.85. The van der Waals surface area contributed by atoms with Gasteiger partial charge in [-0.25, -0.2) is 0 Å². The Bertz CT molecular complexity index is 875. The lowest BCUT2D eigenvalue weighted by molar-refractivity contribution is -0.136. The standard InChI is InChI=1S/C21H21BrN2O3/c1-13(2)18(21(27)23(3)12-14-8-4-7-11-17(14)22)24-19(25)15-9-5-6-10-16(15)20(24)26/h4-11,13,18H,12H2,1-3H3. The second kappa shape index (κ2) is 7.64. The highest BCUT2D eigenvalue weighted by Gasteiger charge is 2.44. The number of hydrogen-bond acceptors (Lipinski definition) is 3. The van der Waals surface area contributed by atoms with E-state index in [1.165, 1.54) is 0 Å². The smallest absolute Gasteiger partial charge is 0.262 e. The third kappa shape index (κ3) is 3.54. The summed E-state index contributed by atoms with van der Waals surface area (Å²) >= 11 is 3.49. The minimum absolute atomic E-state index is 0.207. The minimum Gasteiger partial charge on any atom is -0.340 e. The van der Waals surface area contributed by atoms with Gasteiger partial charge in [0.15, 0.2) is 0 Å². The fourth-order valence-corrected chi connectivity index (χ4v) is 3.75. The summed E-state index contributed by atoms with van der Waals surface area (Å²) in [5.41, 5.74) is 1.67. The highest BCUT2D eigenvalue weighted by atomic mass is 79.9. The molecule has 2 aromatic rings. The quantitative estimate of drug-likeness (QED) is 0.681. The Morgan fingerprint density at radius 3 is 2.04 bits per heavy atom. The molecule has 5 nitrogen and oxygen atoms in total. The third-order valence-corrected chi connectivity index (χ3v) is 5.50. The van der Waals surface area contributed by atoms with Gasteiger partial charge in [-0.05, 0) is 29.7 Å². The molecule has 0 N–H and O–H groups in total. The molecular formula is C21H21BrN2O3. The van der Waals surface area contributed by atoms with Crippen LogP contribution in [0.2, 0.25) is 0 Å². The van der Waals surface area contributed by atoms with Crippen molar-refractivity contribution >= 4 is 33.7 Å². The zero-order valence-corrected chi connectivity index (χ0v) is 17.1. The van der Waals surface area contributed by atoms with Gasteiger partial charge < -0.3 is 4.90 Å². The Labute approximate surface area is 167 Å². The van der Waals surface area contributed by atoms with Crippen molar-refractivity contribution in [2.75, 3.05) is 7.05 Å². The molecule has 2 aromatic carbocycles. The van der Waals surface area contributed by atoms with Gasteiger partial charge in [0.25, 0.3) is 11.8 Å². The first-order valence-corrected chi connectivity index (χ1v) is 9.57. The minimum atomic E-state index is -0.843. The van der Waals surface area contributed by atoms with E-state index in [0.717, 1.165) is 14.9 Å². The third-order valence-electron chi connectivity index (χ3n) is 4.73. The van der Waals surface area contributed by atoms with E-state index in [2.05, 4.69) is 15.9 Å². The number of likely N-dealkylation sites (N-methyl/N-ethyl adjacent to an activating group) is 1. The molecule has 1 atom stereocenters. The molecular weight excluding hydrogens is 408 g/mol. The zero-order chi connectivity index (χ0) is 19.7. The first kappa shape index (κ1) is 19.3. The van der Waals surface area contributed by atoms with Gasteiger partial charge in [-0.2, -0.15) is 0 Å². The average molecular weight is 429 g/mol. The van der Waals surface area contributed by atoms with Gasteiger partial charge in [-0.15, -0.1) is 0 Å². The summed E-state index contributed by atoms with van der Waals surface area (Å²) in [4.78, 5) is 41.5. The van der Waals surface area contributed by atoms with Crippen molar-refractivity contribution in [3.63, 3.8) is 0 Å². The summed E-state index contributed by atoms with van der Waals surface area (Å²) < 4.78 is 0.909. The van der Waals surface area contributed by atoms with Crippen LogP contribution in [-0.2, 0) is 11.3 Å². The first-order valence-electron chi connectivity index (χ1n) is 8.78. The predicted octanol–water partition coefficient (Wildman–Crippen LogP) is 3.73. The fourth-order valence-electron chi connectivity index (χ4n) is 3.34. The highest BCUT2D eigenvalue weighted by molar-refractivity contribution is 9.10. The molecule has 0 fully saturated rings. The Kier molecular flexibility index (Phi) is 5.46. The van der Waals surface area contributed by atoms with Crippen molar-refractivity contribution < 1.29 is 14.4 Å². The number of amides is 3. The molecule has 1 aliphatic heterocycles. The molecule has 0 aliphatic carbocycles. The van der Waals surface area contributed by atoms with Crippen molar-refractivity contribution in [2.24, 2.45) is 5.92 Å². The largest absolute Gasteiger partial charge is 0.340 e. The fraction of sp³-hybridized carbons (Fsp3) is 0.286. The molecule has 0 radical (unpaired) electrons. The number of rotatable bonds is 5. The van der Waals surface area contributed by atoms with E-state index >= 15 is 0 Å². The van der Waals surface area contributed by atoms with Crippen LogP contribution < -0.4 is 0 Å². The van der Waals surface area contributed by atoms with Crippen LogP contribution in [0.1, 0.15) is 40.1 Å². The van der Waals surface area contributed by atoms with Crippen molar-refractivity contribution in [1.29, 1.82) is 0 Å². The van der Waals surface area contributed by atoms with Crippen molar-refractivity contribution in [1.82, 2.24) is 9.80 Å². The molecule has 1 unspecified atom stereocenters. The number of carbonyl (C=O) groups is 3. The summed E-state index contributed by atoms with van der Waals surface area (Å²) in [5, 5.41) is 0. The lowest BCUT2D eigenvalue weighted by atomic mass is 10.0. The van der Waals surface area contributed by atoms with Crippen LogP contribution in [0.25, 0.3) is 0 Å². The molecule has 1 aliphatic rings. The molecule has 0 aromatic heterocycles. The van der Waals surface area contributed by atoms with Crippen LogP contribution in [0.15, 0.2) is 53.0 Å². The summed E-state index contributed by atoms with van der Waals surface area (Å²) in [6.45, 7) is 4.07. The number of nitrogens with zero attached hydrogens (tertiary/aromatic N) is 2. The monoisotopic (exact) mass is 428 g/mol. The number of carbonyl (C=O) groups excluding carboxylic acids is 3. The first-order chi connectivity index (χ1) is 12.8. The van der Waals surface area contributed by atoms with Crippen LogP contribution >= 0.6 is 15.9 Å². The Morgan fingerprint density at radius 1 is 1.00 bits per heavy atom.